The van der Waals surface area contributed by atoms with Gasteiger partial charge in [0.2, 0.25) is 5.91 Å². The molecule has 2 aliphatic heterocycles. The molecule has 4 rings (SSSR count). The van der Waals surface area contributed by atoms with Crippen LogP contribution >= 0.6 is 12.2 Å². The monoisotopic (exact) mass is 426 g/mol. The minimum Gasteiger partial charge on any atom is -0.376 e. The van der Waals surface area contributed by atoms with Crippen LogP contribution in [-0.2, 0) is 25.7 Å². The van der Waals surface area contributed by atoms with Gasteiger partial charge in [0.25, 0.3) is 11.8 Å². The first-order valence-electron chi connectivity index (χ1n) is 9.75. The number of rotatable bonds is 5. The zero-order valence-electron chi connectivity index (χ0n) is 16.5. The summed E-state index contributed by atoms with van der Waals surface area (Å²) in [7, 11) is 1.51. The number of hydrogen-bond donors (Lipinski definition) is 2. The van der Waals surface area contributed by atoms with Crippen LogP contribution in [0.25, 0.3) is 17.0 Å². The van der Waals surface area contributed by atoms with Crippen molar-refractivity contribution in [2.45, 2.75) is 25.5 Å². The Morgan fingerprint density at radius 1 is 1.37 bits per heavy atom. The van der Waals surface area contributed by atoms with Gasteiger partial charge in [0, 0.05) is 42.9 Å². The third-order valence-electron chi connectivity index (χ3n) is 5.29. The van der Waals surface area contributed by atoms with Gasteiger partial charge in [0.15, 0.2) is 5.11 Å². The van der Waals surface area contributed by atoms with E-state index in [9.17, 15) is 14.4 Å². The summed E-state index contributed by atoms with van der Waals surface area (Å²) in [5.41, 5.74) is 1.51. The fourth-order valence-electron chi connectivity index (χ4n) is 3.67. The molecule has 0 unspecified atom stereocenters. The number of amides is 3. The number of carbonyl (C=O) groups is 3. The van der Waals surface area contributed by atoms with Crippen molar-refractivity contribution >= 4 is 52.0 Å². The van der Waals surface area contributed by atoms with E-state index in [4.69, 9.17) is 17.0 Å². The van der Waals surface area contributed by atoms with Crippen LogP contribution in [0.15, 0.2) is 36.0 Å². The number of para-hydroxylation sites is 1. The maximum atomic E-state index is 12.5. The molecule has 1 aromatic carbocycles. The number of thiocarbonyl (C=S) groups is 1. The molecule has 2 saturated heterocycles. The number of likely N-dealkylation sites (N-methyl/N-ethyl adjacent to an activating group) is 1. The highest BCUT2D eigenvalue weighted by Gasteiger charge is 2.31. The number of benzene rings is 1. The summed E-state index contributed by atoms with van der Waals surface area (Å²) in [5.74, 6) is -1.12. The fraction of sp³-hybridized carbons (Fsp3) is 0.333. The number of ether oxygens (including phenoxy) is 1. The summed E-state index contributed by atoms with van der Waals surface area (Å²) in [4.78, 5) is 38.5. The van der Waals surface area contributed by atoms with Gasteiger partial charge in [0.05, 0.1) is 6.10 Å². The number of nitrogens with zero attached hydrogens (tertiary/aromatic N) is 2. The lowest BCUT2D eigenvalue weighted by Gasteiger charge is -2.24. The largest absolute Gasteiger partial charge is 0.376 e. The summed E-state index contributed by atoms with van der Waals surface area (Å²) in [6.07, 6.45) is 5.37. The Morgan fingerprint density at radius 3 is 2.93 bits per heavy atom. The van der Waals surface area contributed by atoms with Crippen LogP contribution < -0.4 is 10.6 Å². The van der Waals surface area contributed by atoms with Crippen molar-refractivity contribution in [2.75, 3.05) is 20.2 Å². The number of nitrogens with one attached hydrogen (secondary N) is 2. The van der Waals surface area contributed by atoms with Crippen LogP contribution in [0.5, 0.6) is 0 Å². The van der Waals surface area contributed by atoms with E-state index in [1.807, 2.05) is 28.8 Å². The molecule has 2 fully saturated rings. The van der Waals surface area contributed by atoms with Crippen LogP contribution in [0.2, 0.25) is 0 Å². The van der Waals surface area contributed by atoms with Gasteiger partial charge in [-0.15, -0.1) is 0 Å². The summed E-state index contributed by atoms with van der Waals surface area (Å²) < 4.78 is 7.35. The lowest BCUT2D eigenvalue weighted by Crippen LogP contribution is -2.52. The number of aromatic nitrogens is 1. The molecule has 8 nitrogen and oxygen atoms in total. The van der Waals surface area contributed by atoms with Gasteiger partial charge in [-0.2, -0.15) is 0 Å². The van der Waals surface area contributed by atoms with E-state index in [0.717, 1.165) is 30.4 Å². The molecule has 0 bridgehead atoms. The predicted octanol–water partition coefficient (Wildman–Crippen LogP) is 1.19. The van der Waals surface area contributed by atoms with Crippen LogP contribution in [0.3, 0.4) is 0 Å². The molecule has 156 valence electrons. The Bertz CT molecular complexity index is 1070. The second-order valence-electron chi connectivity index (χ2n) is 7.35. The molecule has 2 aliphatic rings. The zero-order valence-corrected chi connectivity index (χ0v) is 17.3. The van der Waals surface area contributed by atoms with Gasteiger partial charge in [-0.05, 0) is 37.2 Å². The summed E-state index contributed by atoms with van der Waals surface area (Å²) in [6, 6.07) is 7.54. The third kappa shape index (κ3) is 3.99. The average molecular weight is 426 g/mol. The van der Waals surface area contributed by atoms with Crippen molar-refractivity contribution in [2.24, 2.45) is 0 Å². The normalized spacial score (nSPS) is 20.8. The molecule has 30 heavy (non-hydrogen) atoms. The first-order valence-corrected chi connectivity index (χ1v) is 10.2. The minimum absolute atomic E-state index is 0.00293. The fourth-order valence-corrected chi connectivity index (χ4v) is 3.84. The van der Waals surface area contributed by atoms with E-state index < -0.39 is 11.8 Å². The van der Waals surface area contributed by atoms with Crippen molar-refractivity contribution in [3.05, 3.63) is 41.6 Å². The number of carbonyl (C=O) groups excluding carboxylic acids is 3. The van der Waals surface area contributed by atoms with Gasteiger partial charge < -0.3 is 14.6 Å². The molecular formula is C21H22N4O4S. The third-order valence-corrected chi connectivity index (χ3v) is 5.66. The van der Waals surface area contributed by atoms with Crippen molar-refractivity contribution < 1.29 is 19.1 Å². The van der Waals surface area contributed by atoms with Crippen molar-refractivity contribution in [3.8, 4) is 0 Å². The minimum atomic E-state index is -0.533. The van der Waals surface area contributed by atoms with Gasteiger partial charge in [-0.25, -0.2) is 0 Å². The van der Waals surface area contributed by atoms with E-state index in [0.29, 0.717) is 12.1 Å². The van der Waals surface area contributed by atoms with Gasteiger partial charge in [-0.3, -0.25) is 24.6 Å². The molecule has 1 atom stereocenters. The Hall–Kier alpha value is -3.04. The summed E-state index contributed by atoms with van der Waals surface area (Å²) >= 11 is 4.98. The quantitative estimate of drug-likeness (QED) is 0.426. The van der Waals surface area contributed by atoms with E-state index in [1.54, 1.807) is 12.3 Å². The van der Waals surface area contributed by atoms with Gasteiger partial charge in [0.1, 0.15) is 12.1 Å². The first kappa shape index (κ1) is 20.2. The lowest BCUT2D eigenvalue weighted by molar-refractivity contribution is -0.128. The maximum absolute atomic E-state index is 12.5. The number of hydrogen-bond acceptors (Lipinski definition) is 5. The topological polar surface area (TPSA) is 92.7 Å². The first-order chi connectivity index (χ1) is 14.4. The van der Waals surface area contributed by atoms with Crippen LogP contribution in [-0.4, -0.2) is 58.6 Å². The van der Waals surface area contributed by atoms with Crippen LogP contribution in [0, 0.1) is 0 Å². The van der Waals surface area contributed by atoms with Gasteiger partial charge >= 0.3 is 0 Å². The Balaban J connectivity index is 1.59. The molecule has 0 radical (unpaired) electrons. The SMILES string of the molecule is CN1C(=O)/C(=C\c2cn(CC(=O)NC[C@@H]3CCCO3)c3ccccc23)C(=O)NC1=S. The molecule has 0 spiro atoms. The summed E-state index contributed by atoms with van der Waals surface area (Å²) in [5, 5.41) is 6.34. The van der Waals surface area contributed by atoms with Crippen LogP contribution in [0.4, 0.5) is 0 Å². The highest BCUT2D eigenvalue weighted by Crippen LogP contribution is 2.25. The van der Waals surface area contributed by atoms with Crippen molar-refractivity contribution in [3.63, 3.8) is 0 Å². The average Bonchev–Trinajstić information content (AvgIpc) is 3.37. The van der Waals surface area contributed by atoms with Crippen molar-refractivity contribution in [1.82, 2.24) is 20.1 Å². The molecule has 0 saturated carbocycles. The molecule has 9 heteroatoms. The Morgan fingerprint density at radius 2 is 2.17 bits per heavy atom. The van der Waals surface area contributed by atoms with E-state index in [-0.39, 0.29) is 29.2 Å². The van der Waals surface area contributed by atoms with E-state index >= 15 is 0 Å². The molecule has 1 aromatic heterocycles. The second-order valence-corrected chi connectivity index (χ2v) is 7.74. The van der Waals surface area contributed by atoms with E-state index in [1.165, 1.54) is 11.9 Å². The maximum Gasteiger partial charge on any atom is 0.265 e. The van der Waals surface area contributed by atoms with Crippen LogP contribution in [0.1, 0.15) is 18.4 Å². The molecule has 3 heterocycles. The predicted molar refractivity (Wildman–Crippen MR) is 115 cm³/mol. The second kappa shape index (κ2) is 8.37. The Kier molecular flexibility index (Phi) is 5.65. The summed E-state index contributed by atoms with van der Waals surface area (Å²) in [6.45, 7) is 1.36. The standard InChI is InChI=1S/C21H22N4O4S/c1-24-20(28)16(19(27)23-21(24)30)9-13-11-25(17-7-3-2-6-15(13)17)12-18(26)22-10-14-5-4-8-29-14/h2-3,6-7,9,11,14H,4-5,8,10,12H2,1H3,(H,22,26)(H,23,27,30)/b16-9-/t14-/m0/s1. The highest BCUT2D eigenvalue weighted by atomic mass is 32.1. The smallest absolute Gasteiger partial charge is 0.265 e. The lowest BCUT2D eigenvalue weighted by atomic mass is 10.1. The molecular weight excluding hydrogens is 404 g/mol. The molecule has 2 N–H and O–H groups in total. The van der Waals surface area contributed by atoms with Gasteiger partial charge in [-0.1, -0.05) is 18.2 Å². The highest BCUT2D eigenvalue weighted by molar-refractivity contribution is 7.80. The number of fused-ring (bicyclic) bond motifs is 1. The molecule has 0 aliphatic carbocycles. The van der Waals surface area contributed by atoms with E-state index in [2.05, 4.69) is 10.6 Å². The molecule has 3 amide bonds. The zero-order chi connectivity index (χ0) is 21.3. The molecule has 2 aromatic rings. The Labute approximate surface area is 178 Å². The van der Waals surface area contributed by atoms with Crippen molar-refractivity contribution in [1.29, 1.82) is 0 Å².